The van der Waals surface area contributed by atoms with Crippen LogP contribution in [0.5, 0.6) is 0 Å². The van der Waals surface area contributed by atoms with Crippen LogP contribution in [0.15, 0.2) is 30.3 Å². The fourth-order valence-electron chi connectivity index (χ4n) is 0.979. The molecule has 0 aliphatic rings. The van der Waals surface area contributed by atoms with Crippen molar-refractivity contribution in [2.24, 2.45) is 0 Å². The zero-order chi connectivity index (χ0) is 8.81. The Morgan fingerprint density at radius 3 is 2.58 bits per heavy atom. The lowest BCUT2D eigenvalue weighted by atomic mass is 10.2. The molecule has 0 saturated carbocycles. The second-order valence-corrected chi connectivity index (χ2v) is 4.38. The molecule has 0 heterocycles. The monoisotopic (exact) mass is 200 g/mol. The van der Waals surface area contributed by atoms with E-state index in [0.717, 1.165) is 11.5 Å². The van der Waals surface area contributed by atoms with Gasteiger partial charge in [-0.1, -0.05) is 37.3 Å². The molecule has 0 aromatic heterocycles. The van der Waals surface area contributed by atoms with E-state index in [1.807, 2.05) is 30.0 Å². The standard InChI is InChI=1S/C10H13ClS/c1-2-12-8-10(11)9-6-4-3-5-7-9/h3-7,10H,2,8H2,1H3. The SMILES string of the molecule is CCSCC(Cl)c1ccccc1. The van der Waals surface area contributed by atoms with Crippen molar-refractivity contribution in [3.05, 3.63) is 35.9 Å². The van der Waals surface area contributed by atoms with Gasteiger partial charge in [0, 0.05) is 5.75 Å². The zero-order valence-corrected chi connectivity index (χ0v) is 8.74. The van der Waals surface area contributed by atoms with E-state index >= 15 is 0 Å². The van der Waals surface area contributed by atoms with Crippen LogP contribution in [-0.2, 0) is 0 Å². The third-order valence-corrected chi connectivity index (χ3v) is 3.20. The smallest absolute Gasteiger partial charge is 0.0675 e. The number of rotatable bonds is 4. The highest BCUT2D eigenvalue weighted by Gasteiger charge is 2.05. The quantitative estimate of drug-likeness (QED) is 0.668. The van der Waals surface area contributed by atoms with Crippen LogP contribution in [0.3, 0.4) is 0 Å². The molecule has 1 rings (SSSR count). The molecule has 1 aromatic carbocycles. The summed E-state index contributed by atoms with van der Waals surface area (Å²) >= 11 is 8.04. The van der Waals surface area contributed by atoms with E-state index in [4.69, 9.17) is 11.6 Å². The molecule has 0 fully saturated rings. The third kappa shape index (κ3) is 3.08. The molecule has 66 valence electrons. The molecule has 0 aliphatic heterocycles. The number of thioether (sulfide) groups is 1. The lowest BCUT2D eigenvalue weighted by molar-refractivity contribution is 1.10. The summed E-state index contributed by atoms with van der Waals surface area (Å²) in [7, 11) is 0. The molecule has 1 atom stereocenters. The van der Waals surface area contributed by atoms with Gasteiger partial charge in [-0.25, -0.2) is 0 Å². The van der Waals surface area contributed by atoms with E-state index in [0.29, 0.717) is 0 Å². The molecular formula is C10H13ClS. The minimum Gasteiger partial charge on any atom is -0.160 e. The van der Waals surface area contributed by atoms with Crippen molar-refractivity contribution in [1.82, 2.24) is 0 Å². The first-order chi connectivity index (χ1) is 5.84. The Balaban J connectivity index is 2.48. The molecule has 0 spiro atoms. The largest absolute Gasteiger partial charge is 0.160 e. The van der Waals surface area contributed by atoms with Gasteiger partial charge in [-0.05, 0) is 11.3 Å². The number of alkyl halides is 1. The normalized spacial score (nSPS) is 12.8. The first-order valence-corrected chi connectivity index (χ1v) is 5.70. The van der Waals surface area contributed by atoms with Crippen LogP contribution in [0, 0.1) is 0 Å². The van der Waals surface area contributed by atoms with Crippen LogP contribution < -0.4 is 0 Å². The van der Waals surface area contributed by atoms with Gasteiger partial charge >= 0.3 is 0 Å². The van der Waals surface area contributed by atoms with Gasteiger partial charge in [0.2, 0.25) is 0 Å². The molecule has 12 heavy (non-hydrogen) atoms. The highest BCUT2D eigenvalue weighted by atomic mass is 35.5. The molecule has 2 heteroatoms. The Morgan fingerprint density at radius 2 is 2.00 bits per heavy atom. The van der Waals surface area contributed by atoms with Crippen LogP contribution >= 0.6 is 23.4 Å². The molecule has 0 N–H and O–H groups in total. The van der Waals surface area contributed by atoms with Crippen LogP contribution in [0.2, 0.25) is 0 Å². The summed E-state index contributed by atoms with van der Waals surface area (Å²) in [6.07, 6.45) is 0. The van der Waals surface area contributed by atoms with E-state index in [1.54, 1.807) is 0 Å². The van der Waals surface area contributed by atoms with Crippen molar-refractivity contribution in [3.63, 3.8) is 0 Å². The van der Waals surface area contributed by atoms with E-state index in [1.165, 1.54) is 5.56 Å². The zero-order valence-electron chi connectivity index (χ0n) is 7.16. The second kappa shape index (κ2) is 5.50. The Bertz CT molecular complexity index is 210. The lowest BCUT2D eigenvalue weighted by Gasteiger charge is -2.07. The topological polar surface area (TPSA) is 0 Å². The summed E-state index contributed by atoms with van der Waals surface area (Å²) in [6, 6.07) is 10.2. The summed E-state index contributed by atoms with van der Waals surface area (Å²) in [5.74, 6) is 2.14. The molecular weight excluding hydrogens is 188 g/mol. The fourth-order valence-corrected chi connectivity index (χ4v) is 2.03. The molecule has 0 nitrogen and oxygen atoms in total. The summed E-state index contributed by atoms with van der Waals surface area (Å²) in [5.41, 5.74) is 1.22. The minimum absolute atomic E-state index is 0.163. The minimum atomic E-state index is 0.163. The van der Waals surface area contributed by atoms with Gasteiger partial charge in [0.15, 0.2) is 0 Å². The van der Waals surface area contributed by atoms with Crippen LogP contribution in [0.4, 0.5) is 0 Å². The van der Waals surface area contributed by atoms with Crippen LogP contribution in [0.1, 0.15) is 17.9 Å². The van der Waals surface area contributed by atoms with Crippen molar-refractivity contribution < 1.29 is 0 Å². The summed E-state index contributed by atoms with van der Waals surface area (Å²) in [4.78, 5) is 0. The average Bonchev–Trinajstić information content (AvgIpc) is 2.15. The fraction of sp³-hybridized carbons (Fsp3) is 0.400. The highest BCUT2D eigenvalue weighted by molar-refractivity contribution is 7.99. The molecule has 0 amide bonds. The van der Waals surface area contributed by atoms with Gasteiger partial charge < -0.3 is 0 Å². The molecule has 1 unspecified atom stereocenters. The third-order valence-electron chi connectivity index (χ3n) is 1.63. The first kappa shape index (κ1) is 9.94. The maximum atomic E-state index is 6.16. The Kier molecular flexibility index (Phi) is 4.55. The van der Waals surface area contributed by atoms with E-state index in [-0.39, 0.29) is 5.38 Å². The molecule has 0 saturated heterocycles. The predicted octanol–water partition coefficient (Wildman–Crippen LogP) is 3.72. The van der Waals surface area contributed by atoms with Gasteiger partial charge in [-0.3, -0.25) is 0 Å². The van der Waals surface area contributed by atoms with Crippen molar-refractivity contribution >= 4 is 23.4 Å². The van der Waals surface area contributed by atoms with Crippen molar-refractivity contribution in [2.45, 2.75) is 12.3 Å². The van der Waals surface area contributed by atoms with Crippen LogP contribution in [-0.4, -0.2) is 11.5 Å². The van der Waals surface area contributed by atoms with Crippen molar-refractivity contribution in [1.29, 1.82) is 0 Å². The Hall–Kier alpha value is -0.140. The average molecular weight is 201 g/mol. The summed E-state index contributed by atoms with van der Waals surface area (Å²) < 4.78 is 0. The second-order valence-electron chi connectivity index (χ2n) is 2.54. The van der Waals surface area contributed by atoms with Crippen LogP contribution in [0.25, 0.3) is 0 Å². The maximum Gasteiger partial charge on any atom is 0.0675 e. The number of halogens is 1. The molecule has 0 bridgehead atoms. The first-order valence-electron chi connectivity index (χ1n) is 4.11. The molecule has 0 radical (unpaired) electrons. The summed E-state index contributed by atoms with van der Waals surface area (Å²) in [5, 5.41) is 0.163. The highest BCUT2D eigenvalue weighted by Crippen LogP contribution is 2.24. The number of hydrogen-bond acceptors (Lipinski definition) is 1. The van der Waals surface area contributed by atoms with Gasteiger partial charge in [0.25, 0.3) is 0 Å². The maximum absolute atomic E-state index is 6.16. The molecule has 0 aliphatic carbocycles. The predicted molar refractivity (Wildman–Crippen MR) is 58.0 cm³/mol. The Labute approximate surface area is 83.3 Å². The van der Waals surface area contributed by atoms with E-state index in [9.17, 15) is 0 Å². The molecule has 1 aromatic rings. The summed E-state index contributed by atoms with van der Waals surface area (Å²) in [6.45, 7) is 2.15. The van der Waals surface area contributed by atoms with Crippen molar-refractivity contribution in [2.75, 3.05) is 11.5 Å². The van der Waals surface area contributed by atoms with E-state index in [2.05, 4.69) is 19.1 Å². The Morgan fingerprint density at radius 1 is 1.33 bits per heavy atom. The van der Waals surface area contributed by atoms with Gasteiger partial charge in [0.05, 0.1) is 5.38 Å². The van der Waals surface area contributed by atoms with Gasteiger partial charge in [-0.2, -0.15) is 11.8 Å². The number of benzene rings is 1. The van der Waals surface area contributed by atoms with Gasteiger partial charge in [0.1, 0.15) is 0 Å². The van der Waals surface area contributed by atoms with E-state index < -0.39 is 0 Å². The number of hydrogen-bond donors (Lipinski definition) is 0. The lowest BCUT2D eigenvalue weighted by Crippen LogP contribution is -1.93. The van der Waals surface area contributed by atoms with Gasteiger partial charge in [-0.15, -0.1) is 11.6 Å². The van der Waals surface area contributed by atoms with Crippen molar-refractivity contribution in [3.8, 4) is 0 Å².